The Bertz CT molecular complexity index is 1180. The van der Waals surface area contributed by atoms with E-state index in [-0.39, 0.29) is 22.5 Å². The van der Waals surface area contributed by atoms with Crippen LogP contribution in [0.1, 0.15) is 26.3 Å². The maximum absolute atomic E-state index is 13.6. The van der Waals surface area contributed by atoms with Gasteiger partial charge in [-0.2, -0.15) is 13.2 Å². The number of thioether (sulfide) groups is 1. The molecule has 0 aliphatic carbocycles. The molecule has 0 aliphatic rings. The first-order chi connectivity index (χ1) is 15.1. The SMILES string of the molecule is CSc1ccc(C(=O)Nc2ccc(NC(=O)c3ccoc3)cc2C(F)(F)F)cc1[N+](=O)[O-]. The van der Waals surface area contributed by atoms with Crippen LogP contribution < -0.4 is 10.6 Å². The van der Waals surface area contributed by atoms with Crippen LogP contribution in [0.15, 0.2) is 64.3 Å². The van der Waals surface area contributed by atoms with Gasteiger partial charge in [0, 0.05) is 17.3 Å². The van der Waals surface area contributed by atoms with Crippen LogP contribution in [-0.4, -0.2) is 23.0 Å². The van der Waals surface area contributed by atoms with Gasteiger partial charge in [0.25, 0.3) is 17.5 Å². The van der Waals surface area contributed by atoms with Crippen molar-refractivity contribution in [1.82, 2.24) is 0 Å². The highest BCUT2D eigenvalue weighted by molar-refractivity contribution is 7.98. The summed E-state index contributed by atoms with van der Waals surface area (Å²) in [6, 6.07) is 7.80. The van der Waals surface area contributed by atoms with Gasteiger partial charge in [-0.05, 0) is 42.7 Å². The van der Waals surface area contributed by atoms with Crippen LogP contribution in [0.4, 0.5) is 30.2 Å². The molecule has 2 aromatic carbocycles. The van der Waals surface area contributed by atoms with Crippen molar-refractivity contribution in [3.63, 3.8) is 0 Å². The van der Waals surface area contributed by atoms with E-state index < -0.39 is 34.2 Å². The van der Waals surface area contributed by atoms with Crippen LogP contribution in [-0.2, 0) is 6.18 Å². The van der Waals surface area contributed by atoms with Gasteiger partial charge in [0.2, 0.25) is 0 Å². The summed E-state index contributed by atoms with van der Waals surface area (Å²) in [5.41, 5.74) is -2.32. The Kier molecular flexibility index (Phi) is 6.53. The Morgan fingerprint density at radius 2 is 1.75 bits per heavy atom. The third kappa shape index (κ3) is 5.09. The summed E-state index contributed by atoms with van der Waals surface area (Å²) in [5.74, 6) is -1.63. The molecule has 2 amide bonds. The molecule has 0 radical (unpaired) electrons. The molecule has 0 bridgehead atoms. The van der Waals surface area contributed by atoms with Crippen molar-refractivity contribution >= 4 is 40.6 Å². The topological polar surface area (TPSA) is 114 Å². The number of halogens is 3. The number of amides is 2. The Morgan fingerprint density at radius 1 is 1.03 bits per heavy atom. The van der Waals surface area contributed by atoms with Crippen LogP contribution >= 0.6 is 11.8 Å². The summed E-state index contributed by atoms with van der Waals surface area (Å²) in [4.78, 5) is 35.4. The highest BCUT2D eigenvalue weighted by Crippen LogP contribution is 2.37. The number of hydrogen-bond donors (Lipinski definition) is 2. The Hall–Kier alpha value is -3.80. The molecule has 0 atom stereocenters. The number of anilines is 2. The molecule has 12 heteroatoms. The van der Waals surface area contributed by atoms with Gasteiger partial charge in [0.15, 0.2) is 0 Å². The third-order valence-corrected chi connectivity index (χ3v) is 5.04. The fourth-order valence-electron chi connectivity index (χ4n) is 2.73. The first-order valence-electron chi connectivity index (χ1n) is 8.78. The number of nitrogens with one attached hydrogen (secondary N) is 2. The van der Waals surface area contributed by atoms with Crippen LogP contribution in [0.5, 0.6) is 0 Å². The Labute approximate surface area is 182 Å². The smallest absolute Gasteiger partial charge is 0.418 e. The van der Waals surface area contributed by atoms with Crippen LogP contribution in [0.25, 0.3) is 0 Å². The average molecular weight is 465 g/mol. The summed E-state index contributed by atoms with van der Waals surface area (Å²) in [5, 5.41) is 15.6. The van der Waals surface area contributed by atoms with E-state index in [1.54, 1.807) is 6.26 Å². The third-order valence-electron chi connectivity index (χ3n) is 4.25. The molecule has 0 aliphatic heterocycles. The first kappa shape index (κ1) is 22.9. The van der Waals surface area contributed by atoms with Crippen molar-refractivity contribution in [2.45, 2.75) is 11.1 Å². The fraction of sp³-hybridized carbons (Fsp3) is 0.100. The largest absolute Gasteiger partial charge is 0.472 e. The zero-order valence-corrected chi connectivity index (χ0v) is 17.0. The zero-order chi connectivity index (χ0) is 23.5. The van der Waals surface area contributed by atoms with Crippen molar-refractivity contribution < 1.29 is 32.1 Å². The molecule has 3 aromatic rings. The van der Waals surface area contributed by atoms with Crippen LogP contribution in [0.3, 0.4) is 0 Å². The predicted molar refractivity (Wildman–Crippen MR) is 111 cm³/mol. The number of alkyl halides is 3. The summed E-state index contributed by atoms with van der Waals surface area (Å²) < 4.78 is 45.5. The molecule has 1 heterocycles. The lowest BCUT2D eigenvalue weighted by molar-refractivity contribution is -0.387. The van der Waals surface area contributed by atoms with E-state index in [2.05, 4.69) is 10.6 Å². The number of carbonyl (C=O) groups excluding carboxylic acids is 2. The minimum Gasteiger partial charge on any atom is -0.472 e. The normalized spacial score (nSPS) is 11.1. The second-order valence-corrected chi connectivity index (χ2v) is 7.17. The molecule has 3 rings (SSSR count). The van der Waals surface area contributed by atoms with Crippen molar-refractivity contribution in [3.8, 4) is 0 Å². The number of nitro groups is 1. The Balaban J connectivity index is 1.89. The lowest BCUT2D eigenvalue weighted by atomic mass is 10.1. The second-order valence-electron chi connectivity index (χ2n) is 6.32. The van der Waals surface area contributed by atoms with E-state index in [1.165, 1.54) is 30.5 Å². The maximum Gasteiger partial charge on any atom is 0.418 e. The molecule has 0 fully saturated rings. The van der Waals surface area contributed by atoms with Gasteiger partial charge in [-0.25, -0.2) is 0 Å². The molecule has 2 N–H and O–H groups in total. The molecular formula is C20H14F3N3O5S. The van der Waals surface area contributed by atoms with Crippen LogP contribution in [0, 0.1) is 10.1 Å². The van der Waals surface area contributed by atoms with E-state index in [0.717, 1.165) is 30.2 Å². The van der Waals surface area contributed by atoms with Gasteiger partial charge in [-0.15, -0.1) is 11.8 Å². The number of nitro benzene ring substituents is 1. The fourth-order valence-corrected chi connectivity index (χ4v) is 3.28. The van der Waals surface area contributed by atoms with Crippen molar-refractivity contribution in [2.75, 3.05) is 16.9 Å². The monoisotopic (exact) mass is 465 g/mol. The molecule has 0 saturated carbocycles. The number of furan rings is 1. The summed E-state index contributed by atoms with van der Waals surface area (Å²) in [6.07, 6.45) is -0.862. The number of benzene rings is 2. The number of rotatable bonds is 6. The standard InChI is InChI=1S/C20H14F3N3O5S/c1-32-17-5-2-11(8-16(17)26(29)30)18(27)25-15-4-3-13(9-14(15)20(21,22)23)24-19(28)12-6-7-31-10-12/h2-10H,1H3,(H,24,28)(H,25,27). The summed E-state index contributed by atoms with van der Waals surface area (Å²) in [6.45, 7) is 0. The minimum absolute atomic E-state index is 0.117. The van der Waals surface area contributed by atoms with Crippen molar-refractivity contribution in [3.05, 3.63) is 81.8 Å². The molecule has 0 unspecified atom stereocenters. The van der Waals surface area contributed by atoms with E-state index in [1.807, 2.05) is 0 Å². The average Bonchev–Trinajstić information content (AvgIpc) is 3.28. The number of hydrogen-bond acceptors (Lipinski definition) is 6. The number of carbonyl (C=O) groups is 2. The van der Waals surface area contributed by atoms with Crippen molar-refractivity contribution in [2.24, 2.45) is 0 Å². The van der Waals surface area contributed by atoms with Crippen LogP contribution in [0.2, 0.25) is 0 Å². The molecular weight excluding hydrogens is 451 g/mol. The highest BCUT2D eigenvalue weighted by Gasteiger charge is 2.34. The van der Waals surface area contributed by atoms with Gasteiger partial charge in [0.1, 0.15) is 6.26 Å². The lowest BCUT2D eigenvalue weighted by Gasteiger charge is -2.16. The molecule has 166 valence electrons. The first-order valence-corrected chi connectivity index (χ1v) is 10.0. The molecule has 0 saturated heterocycles. The molecule has 0 spiro atoms. The van der Waals surface area contributed by atoms with Gasteiger partial charge in [-0.3, -0.25) is 19.7 Å². The second kappa shape index (κ2) is 9.14. The van der Waals surface area contributed by atoms with Gasteiger partial charge in [-0.1, -0.05) is 0 Å². The molecule has 8 nitrogen and oxygen atoms in total. The van der Waals surface area contributed by atoms with Crippen molar-refractivity contribution in [1.29, 1.82) is 0 Å². The summed E-state index contributed by atoms with van der Waals surface area (Å²) >= 11 is 1.10. The maximum atomic E-state index is 13.6. The number of nitrogens with zero attached hydrogens (tertiary/aromatic N) is 1. The molecule has 32 heavy (non-hydrogen) atoms. The van der Waals surface area contributed by atoms with Gasteiger partial charge < -0.3 is 15.1 Å². The van der Waals surface area contributed by atoms with E-state index in [0.29, 0.717) is 11.0 Å². The quantitative estimate of drug-likeness (QED) is 0.285. The predicted octanol–water partition coefficient (Wildman–Crippen LogP) is 5.43. The van der Waals surface area contributed by atoms with E-state index in [4.69, 9.17) is 4.42 Å². The minimum atomic E-state index is -4.85. The van der Waals surface area contributed by atoms with E-state index in [9.17, 15) is 32.9 Å². The highest BCUT2D eigenvalue weighted by atomic mass is 32.2. The molecule has 1 aromatic heterocycles. The zero-order valence-electron chi connectivity index (χ0n) is 16.2. The van der Waals surface area contributed by atoms with Gasteiger partial charge in [0.05, 0.1) is 32.9 Å². The Morgan fingerprint density at radius 3 is 2.34 bits per heavy atom. The van der Waals surface area contributed by atoms with E-state index >= 15 is 0 Å². The van der Waals surface area contributed by atoms with Gasteiger partial charge >= 0.3 is 6.18 Å². The lowest BCUT2D eigenvalue weighted by Crippen LogP contribution is -2.18. The summed E-state index contributed by atoms with van der Waals surface area (Å²) in [7, 11) is 0.